The van der Waals surface area contributed by atoms with E-state index in [4.69, 9.17) is 51.5 Å². The molecule has 0 atom stereocenters. The molecule has 0 aromatic heterocycles. The van der Waals surface area contributed by atoms with Crippen LogP contribution in [-0.4, -0.2) is 17.3 Å². The Balaban J connectivity index is 2.43. The lowest BCUT2D eigenvalue weighted by Gasteiger charge is -2.14. The van der Waals surface area contributed by atoms with Gasteiger partial charge in [0.05, 0.1) is 31.2 Å². The zero-order valence-electron chi connectivity index (χ0n) is 12.7. The minimum absolute atomic E-state index is 0.0327. The molecule has 9 heteroatoms. The largest absolute Gasteiger partial charge is 0.478 e. The quantitative estimate of drug-likeness (QED) is 0.507. The molecule has 0 radical (unpaired) electrons. The summed E-state index contributed by atoms with van der Waals surface area (Å²) in [5.41, 5.74) is -0.902. The van der Waals surface area contributed by atoms with Crippen LogP contribution in [0.1, 0.15) is 21.5 Å². The van der Waals surface area contributed by atoms with Crippen LogP contribution in [-0.2, 0) is 6.42 Å². The summed E-state index contributed by atoms with van der Waals surface area (Å²) in [4.78, 5) is 10.9. The van der Waals surface area contributed by atoms with Gasteiger partial charge in [0.25, 0.3) is 0 Å². The van der Waals surface area contributed by atoms with Crippen molar-refractivity contribution in [2.75, 3.05) is 0 Å². The Hall–Kier alpha value is -1.40. The summed E-state index contributed by atoms with van der Waals surface area (Å²) in [6, 6.07) is 6.08. The molecule has 0 aliphatic heterocycles. The van der Waals surface area contributed by atoms with Gasteiger partial charge in [0, 0.05) is 0 Å². The van der Waals surface area contributed by atoms with Gasteiger partial charge in [-0.15, -0.1) is 0 Å². The first-order valence-electron chi connectivity index (χ1n) is 6.94. The SMILES string of the molecule is O=C(O)c1ccc(CC=C(c2cc(Cl)c(Cl)c(Cl)c2)C(F)(F)F)cc1Cl. The van der Waals surface area contributed by atoms with Crippen LogP contribution in [0.2, 0.25) is 20.1 Å². The molecular formula is C17H9Cl4F3O2. The van der Waals surface area contributed by atoms with Gasteiger partial charge in [-0.25, -0.2) is 4.79 Å². The van der Waals surface area contributed by atoms with Crippen LogP contribution >= 0.6 is 46.4 Å². The van der Waals surface area contributed by atoms with Crippen molar-refractivity contribution < 1.29 is 23.1 Å². The molecule has 0 amide bonds. The van der Waals surface area contributed by atoms with Gasteiger partial charge in [-0.1, -0.05) is 58.5 Å². The van der Waals surface area contributed by atoms with E-state index in [2.05, 4.69) is 0 Å². The highest BCUT2D eigenvalue weighted by Gasteiger charge is 2.35. The number of carboxylic acids is 1. The first-order chi connectivity index (χ1) is 12.0. The fourth-order valence-corrected chi connectivity index (χ4v) is 3.07. The Kier molecular flexibility index (Phi) is 6.51. The normalized spacial score (nSPS) is 12.3. The molecule has 0 unspecified atom stereocenters. The zero-order valence-corrected chi connectivity index (χ0v) is 15.7. The third-order valence-corrected chi connectivity index (χ3v) is 4.92. The van der Waals surface area contributed by atoms with E-state index in [1.54, 1.807) is 0 Å². The number of hydrogen-bond donors (Lipinski definition) is 1. The number of carbonyl (C=O) groups is 1. The third-order valence-electron chi connectivity index (χ3n) is 3.41. The number of allylic oxidation sites excluding steroid dienone is 2. The Labute approximate surface area is 166 Å². The number of halogens is 7. The van der Waals surface area contributed by atoms with E-state index in [0.717, 1.165) is 18.2 Å². The van der Waals surface area contributed by atoms with E-state index in [-0.39, 0.29) is 37.6 Å². The van der Waals surface area contributed by atoms with Crippen molar-refractivity contribution in [2.45, 2.75) is 12.6 Å². The lowest BCUT2D eigenvalue weighted by atomic mass is 10.0. The smallest absolute Gasteiger partial charge is 0.416 e. The predicted octanol–water partition coefficient (Wildman–Crippen LogP) is 7.19. The number of benzene rings is 2. The van der Waals surface area contributed by atoms with Gasteiger partial charge in [-0.05, 0) is 41.8 Å². The molecule has 2 aromatic rings. The molecule has 0 bridgehead atoms. The van der Waals surface area contributed by atoms with E-state index < -0.39 is 17.7 Å². The molecular weight excluding hydrogens is 435 g/mol. The van der Waals surface area contributed by atoms with Crippen molar-refractivity contribution in [3.63, 3.8) is 0 Å². The Morgan fingerprint density at radius 2 is 1.58 bits per heavy atom. The lowest BCUT2D eigenvalue weighted by molar-refractivity contribution is -0.0690. The van der Waals surface area contributed by atoms with Crippen molar-refractivity contribution in [1.29, 1.82) is 0 Å². The van der Waals surface area contributed by atoms with Gasteiger partial charge in [0.15, 0.2) is 0 Å². The van der Waals surface area contributed by atoms with Crippen molar-refractivity contribution in [3.05, 3.63) is 73.2 Å². The van der Waals surface area contributed by atoms with E-state index in [1.807, 2.05) is 0 Å². The molecule has 26 heavy (non-hydrogen) atoms. The van der Waals surface area contributed by atoms with E-state index in [1.165, 1.54) is 18.2 Å². The van der Waals surface area contributed by atoms with Gasteiger partial charge in [-0.3, -0.25) is 0 Å². The minimum Gasteiger partial charge on any atom is -0.478 e. The molecule has 0 fully saturated rings. The number of alkyl halides is 3. The van der Waals surface area contributed by atoms with Crippen molar-refractivity contribution in [1.82, 2.24) is 0 Å². The maximum absolute atomic E-state index is 13.4. The summed E-state index contributed by atoms with van der Waals surface area (Å²) in [6.45, 7) is 0. The lowest BCUT2D eigenvalue weighted by Crippen LogP contribution is -2.11. The monoisotopic (exact) mass is 442 g/mol. The maximum Gasteiger partial charge on any atom is 0.416 e. The van der Waals surface area contributed by atoms with Crippen LogP contribution in [0.25, 0.3) is 5.57 Å². The van der Waals surface area contributed by atoms with E-state index in [9.17, 15) is 18.0 Å². The summed E-state index contributed by atoms with van der Waals surface area (Å²) in [7, 11) is 0. The molecule has 2 nitrogen and oxygen atoms in total. The van der Waals surface area contributed by atoms with Gasteiger partial charge in [0.2, 0.25) is 0 Å². The second kappa shape index (κ2) is 8.09. The topological polar surface area (TPSA) is 37.3 Å². The summed E-state index contributed by atoms with van der Waals surface area (Å²) in [6.07, 6.45) is -3.85. The standard InChI is InChI=1S/C17H9Cl4F3O2/c18-12-5-8(1-3-10(12)16(25)26)2-4-11(17(22,23)24)9-6-13(19)15(21)14(20)7-9/h1,3-7H,2H2,(H,25,26). The fraction of sp³-hybridized carbons (Fsp3) is 0.118. The molecule has 0 spiro atoms. The Bertz CT molecular complexity index is 869. The Morgan fingerprint density at radius 1 is 1.00 bits per heavy atom. The first kappa shape index (κ1) is 20.9. The average Bonchev–Trinajstić information content (AvgIpc) is 2.51. The second-order valence-corrected chi connectivity index (χ2v) is 6.79. The fourth-order valence-electron chi connectivity index (χ4n) is 2.19. The molecule has 0 saturated heterocycles. The minimum atomic E-state index is -4.66. The molecule has 2 aromatic carbocycles. The van der Waals surface area contributed by atoms with E-state index >= 15 is 0 Å². The first-order valence-corrected chi connectivity index (χ1v) is 8.46. The van der Waals surface area contributed by atoms with Gasteiger partial charge < -0.3 is 5.11 Å². The highest BCUT2D eigenvalue weighted by atomic mass is 35.5. The molecule has 2 rings (SSSR count). The summed E-state index contributed by atoms with van der Waals surface area (Å²) in [5, 5.41) is 8.63. The van der Waals surface area contributed by atoms with Crippen molar-refractivity contribution in [2.24, 2.45) is 0 Å². The van der Waals surface area contributed by atoms with Crippen LogP contribution < -0.4 is 0 Å². The number of carboxylic acid groups (broad SMARTS) is 1. The van der Waals surface area contributed by atoms with Crippen molar-refractivity contribution in [3.8, 4) is 0 Å². The van der Waals surface area contributed by atoms with Crippen molar-refractivity contribution >= 4 is 57.9 Å². The molecule has 0 heterocycles. The van der Waals surface area contributed by atoms with Crippen LogP contribution in [0.3, 0.4) is 0 Å². The molecule has 138 valence electrons. The number of rotatable bonds is 4. The van der Waals surface area contributed by atoms with Crippen LogP contribution in [0.15, 0.2) is 36.4 Å². The van der Waals surface area contributed by atoms with E-state index in [0.29, 0.717) is 5.56 Å². The third kappa shape index (κ3) is 4.86. The highest BCUT2D eigenvalue weighted by molar-refractivity contribution is 6.48. The maximum atomic E-state index is 13.4. The highest BCUT2D eigenvalue weighted by Crippen LogP contribution is 2.39. The average molecular weight is 444 g/mol. The van der Waals surface area contributed by atoms with Crippen LogP contribution in [0, 0.1) is 0 Å². The summed E-state index contributed by atoms with van der Waals surface area (Å²) in [5.74, 6) is -1.22. The van der Waals surface area contributed by atoms with Gasteiger partial charge >= 0.3 is 12.1 Å². The zero-order chi connectivity index (χ0) is 19.6. The van der Waals surface area contributed by atoms with Crippen LogP contribution in [0.5, 0.6) is 0 Å². The van der Waals surface area contributed by atoms with Gasteiger partial charge in [-0.2, -0.15) is 13.2 Å². The molecule has 0 saturated carbocycles. The molecule has 0 aliphatic rings. The number of aromatic carboxylic acids is 1. The van der Waals surface area contributed by atoms with Gasteiger partial charge in [0.1, 0.15) is 0 Å². The summed E-state index contributed by atoms with van der Waals surface area (Å²) >= 11 is 23.2. The number of hydrogen-bond acceptors (Lipinski definition) is 1. The Morgan fingerprint density at radius 3 is 2.04 bits per heavy atom. The van der Waals surface area contributed by atoms with Crippen LogP contribution in [0.4, 0.5) is 13.2 Å². The molecule has 1 N–H and O–H groups in total. The second-order valence-electron chi connectivity index (χ2n) is 5.19. The molecule has 0 aliphatic carbocycles. The predicted molar refractivity (Wildman–Crippen MR) is 97.6 cm³/mol. The summed E-state index contributed by atoms with van der Waals surface area (Å²) < 4.78 is 40.3.